The van der Waals surface area contributed by atoms with Crippen LogP contribution in [0.3, 0.4) is 0 Å². The summed E-state index contributed by atoms with van der Waals surface area (Å²) >= 11 is 0. The molecule has 0 heterocycles. The number of esters is 1. The number of aliphatic hydroxyl groups excluding tert-OH is 1. The van der Waals surface area contributed by atoms with Crippen molar-refractivity contribution in [1.29, 1.82) is 0 Å². The first kappa shape index (κ1) is 7.43. The van der Waals surface area contributed by atoms with E-state index in [1.54, 1.807) is 6.92 Å². The standard InChI is InChI=1S/C5H9O3/c1-2-5(7)8-4-3-6/h2,6H,3-4H2,1H3. The lowest BCUT2D eigenvalue weighted by atomic mass is 10.5. The molecule has 47 valence electrons. The van der Waals surface area contributed by atoms with E-state index in [4.69, 9.17) is 5.11 Å². The summed E-state index contributed by atoms with van der Waals surface area (Å²) in [5, 5.41) is 8.12. The van der Waals surface area contributed by atoms with Gasteiger partial charge in [0.15, 0.2) is 0 Å². The topological polar surface area (TPSA) is 46.5 Å². The van der Waals surface area contributed by atoms with E-state index < -0.39 is 0 Å². The second-order valence-corrected chi connectivity index (χ2v) is 1.18. The Bertz CT molecular complexity index is 70.1. The number of carbonyl (C=O) groups excluding carboxylic acids is 1. The molecule has 0 atom stereocenters. The Morgan fingerprint density at radius 3 is 2.88 bits per heavy atom. The SMILES string of the molecule is C[CH]C(=O)OCCO. The Morgan fingerprint density at radius 1 is 1.88 bits per heavy atom. The highest BCUT2D eigenvalue weighted by atomic mass is 16.5. The minimum atomic E-state index is -0.390. The fraction of sp³-hybridized carbons (Fsp3) is 0.600. The van der Waals surface area contributed by atoms with E-state index in [-0.39, 0.29) is 19.2 Å². The number of ether oxygens (including phenoxy) is 1. The van der Waals surface area contributed by atoms with Gasteiger partial charge in [0.05, 0.1) is 13.0 Å². The average molecular weight is 117 g/mol. The number of hydrogen-bond donors (Lipinski definition) is 1. The molecule has 0 aromatic heterocycles. The van der Waals surface area contributed by atoms with E-state index in [1.165, 1.54) is 6.42 Å². The quantitative estimate of drug-likeness (QED) is 0.518. The first-order chi connectivity index (χ1) is 3.81. The summed E-state index contributed by atoms with van der Waals surface area (Å²) < 4.78 is 4.40. The van der Waals surface area contributed by atoms with Crippen LogP contribution < -0.4 is 0 Å². The highest BCUT2D eigenvalue weighted by Gasteiger charge is 1.94. The molecule has 0 spiro atoms. The van der Waals surface area contributed by atoms with E-state index in [0.717, 1.165) is 0 Å². The number of hydrogen-bond acceptors (Lipinski definition) is 3. The van der Waals surface area contributed by atoms with Crippen LogP contribution in [0, 0.1) is 6.42 Å². The summed E-state index contributed by atoms with van der Waals surface area (Å²) in [4.78, 5) is 10.2. The van der Waals surface area contributed by atoms with Crippen molar-refractivity contribution in [2.75, 3.05) is 13.2 Å². The normalized spacial score (nSPS) is 8.75. The Labute approximate surface area is 48.3 Å². The van der Waals surface area contributed by atoms with E-state index in [1.807, 2.05) is 0 Å². The first-order valence-corrected chi connectivity index (χ1v) is 2.38. The van der Waals surface area contributed by atoms with Gasteiger partial charge in [-0.05, 0) is 0 Å². The van der Waals surface area contributed by atoms with Gasteiger partial charge >= 0.3 is 5.97 Å². The van der Waals surface area contributed by atoms with Gasteiger partial charge < -0.3 is 9.84 Å². The van der Waals surface area contributed by atoms with Gasteiger partial charge in [-0.3, -0.25) is 4.79 Å². The maximum absolute atomic E-state index is 10.2. The molecular weight excluding hydrogens is 108 g/mol. The number of rotatable bonds is 3. The van der Waals surface area contributed by atoms with Crippen molar-refractivity contribution < 1.29 is 14.6 Å². The number of aliphatic hydroxyl groups is 1. The molecule has 0 saturated carbocycles. The van der Waals surface area contributed by atoms with E-state index in [0.29, 0.717) is 0 Å². The Balaban J connectivity index is 2.99. The molecule has 0 rings (SSSR count). The van der Waals surface area contributed by atoms with Crippen LogP contribution in [-0.4, -0.2) is 24.3 Å². The highest BCUT2D eigenvalue weighted by molar-refractivity contribution is 5.78. The Kier molecular flexibility index (Phi) is 4.26. The third-order valence-electron chi connectivity index (χ3n) is 0.571. The average Bonchev–Trinajstić information content (AvgIpc) is 1.83. The Morgan fingerprint density at radius 2 is 2.50 bits per heavy atom. The van der Waals surface area contributed by atoms with Gasteiger partial charge in [-0.2, -0.15) is 0 Å². The minimum absolute atomic E-state index is 0.0865. The molecule has 0 fully saturated rings. The van der Waals surface area contributed by atoms with Crippen molar-refractivity contribution in [3.63, 3.8) is 0 Å². The third-order valence-corrected chi connectivity index (χ3v) is 0.571. The summed E-state index contributed by atoms with van der Waals surface area (Å²) in [5.74, 6) is -0.390. The lowest BCUT2D eigenvalue weighted by Gasteiger charge is -1.96. The number of carbonyl (C=O) groups is 1. The fourth-order valence-electron chi connectivity index (χ4n) is 0.230. The van der Waals surface area contributed by atoms with Crippen LogP contribution in [0.2, 0.25) is 0 Å². The predicted molar refractivity (Wildman–Crippen MR) is 28.0 cm³/mol. The van der Waals surface area contributed by atoms with Crippen LogP contribution in [0.25, 0.3) is 0 Å². The van der Waals surface area contributed by atoms with Gasteiger partial charge in [0, 0.05) is 0 Å². The molecule has 0 bridgehead atoms. The van der Waals surface area contributed by atoms with Gasteiger partial charge in [0.25, 0.3) is 0 Å². The minimum Gasteiger partial charge on any atom is -0.463 e. The summed E-state index contributed by atoms with van der Waals surface area (Å²) in [7, 11) is 0. The van der Waals surface area contributed by atoms with Crippen LogP contribution in [0.4, 0.5) is 0 Å². The molecule has 0 amide bonds. The van der Waals surface area contributed by atoms with Crippen molar-refractivity contribution in [1.82, 2.24) is 0 Å². The lowest BCUT2D eigenvalue weighted by Crippen LogP contribution is -2.06. The zero-order chi connectivity index (χ0) is 6.41. The lowest BCUT2D eigenvalue weighted by molar-refractivity contribution is -0.140. The molecule has 1 radical (unpaired) electrons. The van der Waals surface area contributed by atoms with Crippen molar-refractivity contribution >= 4 is 5.97 Å². The molecular formula is C5H9O3. The molecule has 0 saturated heterocycles. The first-order valence-electron chi connectivity index (χ1n) is 2.38. The van der Waals surface area contributed by atoms with Gasteiger partial charge in [0.1, 0.15) is 6.61 Å². The second-order valence-electron chi connectivity index (χ2n) is 1.18. The van der Waals surface area contributed by atoms with E-state index in [9.17, 15) is 4.79 Å². The zero-order valence-electron chi connectivity index (χ0n) is 4.76. The van der Waals surface area contributed by atoms with E-state index >= 15 is 0 Å². The molecule has 1 N–H and O–H groups in total. The third kappa shape index (κ3) is 3.61. The molecule has 0 aromatic rings. The van der Waals surface area contributed by atoms with Gasteiger partial charge in [0.2, 0.25) is 0 Å². The monoisotopic (exact) mass is 117 g/mol. The van der Waals surface area contributed by atoms with Crippen LogP contribution in [0.1, 0.15) is 6.92 Å². The zero-order valence-corrected chi connectivity index (χ0v) is 4.76. The summed E-state index contributed by atoms with van der Waals surface area (Å²) in [6, 6.07) is 0. The molecule has 0 aliphatic carbocycles. The fourth-order valence-corrected chi connectivity index (χ4v) is 0.230. The van der Waals surface area contributed by atoms with E-state index in [2.05, 4.69) is 4.74 Å². The molecule has 0 aliphatic rings. The van der Waals surface area contributed by atoms with Gasteiger partial charge in [-0.1, -0.05) is 6.92 Å². The summed E-state index contributed by atoms with van der Waals surface area (Å²) in [6.45, 7) is 1.56. The second kappa shape index (κ2) is 4.59. The smallest absolute Gasteiger partial charge is 0.309 e. The van der Waals surface area contributed by atoms with Crippen molar-refractivity contribution in [3.8, 4) is 0 Å². The maximum atomic E-state index is 10.2. The Hall–Kier alpha value is -0.570. The van der Waals surface area contributed by atoms with Crippen molar-refractivity contribution in [2.45, 2.75) is 6.92 Å². The van der Waals surface area contributed by atoms with Gasteiger partial charge in [-0.25, -0.2) is 0 Å². The summed E-state index contributed by atoms with van der Waals surface area (Å²) in [6.07, 6.45) is 1.30. The van der Waals surface area contributed by atoms with Crippen molar-refractivity contribution in [2.24, 2.45) is 0 Å². The van der Waals surface area contributed by atoms with Crippen LogP contribution in [0.15, 0.2) is 0 Å². The molecule has 0 aromatic carbocycles. The molecule has 3 nitrogen and oxygen atoms in total. The summed E-state index contributed by atoms with van der Waals surface area (Å²) in [5.41, 5.74) is 0. The van der Waals surface area contributed by atoms with Gasteiger partial charge in [-0.15, -0.1) is 0 Å². The molecule has 8 heavy (non-hydrogen) atoms. The van der Waals surface area contributed by atoms with Crippen LogP contribution >= 0.6 is 0 Å². The molecule has 3 heteroatoms. The molecule has 0 aliphatic heterocycles. The largest absolute Gasteiger partial charge is 0.463 e. The van der Waals surface area contributed by atoms with Crippen LogP contribution in [-0.2, 0) is 9.53 Å². The van der Waals surface area contributed by atoms with Crippen LogP contribution in [0.5, 0.6) is 0 Å². The predicted octanol–water partition coefficient (Wildman–Crippen LogP) is -0.254. The molecule has 0 unspecified atom stereocenters. The highest BCUT2D eigenvalue weighted by Crippen LogP contribution is 1.79. The van der Waals surface area contributed by atoms with Crippen molar-refractivity contribution in [3.05, 3.63) is 6.42 Å². The maximum Gasteiger partial charge on any atom is 0.309 e.